The van der Waals surface area contributed by atoms with Crippen LogP contribution in [-0.4, -0.2) is 30.1 Å². The van der Waals surface area contributed by atoms with Crippen molar-refractivity contribution in [2.24, 2.45) is 0 Å². The molecular weight excluding hydrogens is 458 g/mol. The van der Waals surface area contributed by atoms with Gasteiger partial charge in [-0.2, -0.15) is 0 Å². The summed E-state index contributed by atoms with van der Waals surface area (Å²) in [5, 5.41) is 5.86. The minimum absolute atomic E-state index is 0.0864. The van der Waals surface area contributed by atoms with Gasteiger partial charge in [-0.25, -0.2) is 0 Å². The molecule has 0 aliphatic carbocycles. The van der Waals surface area contributed by atoms with Crippen LogP contribution in [0, 0.1) is 0 Å². The van der Waals surface area contributed by atoms with E-state index >= 15 is 0 Å². The molecule has 2 N–H and O–H groups in total. The zero-order chi connectivity index (χ0) is 25.0. The van der Waals surface area contributed by atoms with E-state index in [1.54, 1.807) is 47.4 Å². The number of carbonyl (C=O) groups excluding carboxylic acids is 2. The van der Waals surface area contributed by atoms with Gasteiger partial charge in [0.25, 0.3) is 11.8 Å². The third-order valence-electron chi connectivity index (χ3n) is 5.38. The van der Waals surface area contributed by atoms with Gasteiger partial charge >= 0.3 is 0 Å². The normalized spacial score (nSPS) is 10.3. The zero-order valence-electron chi connectivity index (χ0n) is 20.1. The summed E-state index contributed by atoms with van der Waals surface area (Å²) in [5.41, 5.74) is 2.50. The summed E-state index contributed by atoms with van der Waals surface area (Å²) in [5.74, 6) is 0.101. The average Bonchev–Trinajstić information content (AvgIpc) is 2.88. The van der Waals surface area contributed by atoms with Gasteiger partial charge in [0.05, 0.1) is 12.2 Å². The first kappa shape index (κ1) is 25.9. The van der Waals surface area contributed by atoms with Crippen molar-refractivity contribution in [3.8, 4) is 5.75 Å². The van der Waals surface area contributed by atoms with Crippen molar-refractivity contribution >= 4 is 40.5 Å². The highest BCUT2D eigenvalue weighted by Gasteiger charge is 2.16. The van der Waals surface area contributed by atoms with Crippen LogP contribution in [0.2, 0.25) is 0 Å². The number of anilines is 2. The third kappa shape index (κ3) is 7.39. The lowest BCUT2D eigenvalue weighted by Gasteiger charge is -2.21. The Bertz CT molecular complexity index is 1130. The second kappa shape index (κ2) is 13.2. The summed E-state index contributed by atoms with van der Waals surface area (Å²) in [7, 11) is 0. The SMILES string of the molecule is CCCCCOc1ccccc1C(=O)NC(=S)Nc1ccc(C(=O)N(CC)c2ccccc2)cc1. The van der Waals surface area contributed by atoms with Gasteiger partial charge < -0.3 is 15.0 Å². The number of hydrogen-bond donors (Lipinski definition) is 2. The zero-order valence-corrected chi connectivity index (χ0v) is 20.9. The van der Waals surface area contributed by atoms with Gasteiger partial charge in [-0.15, -0.1) is 0 Å². The van der Waals surface area contributed by atoms with Gasteiger partial charge in [-0.05, 0) is 74.1 Å². The molecule has 182 valence electrons. The van der Waals surface area contributed by atoms with Crippen molar-refractivity contribution in [2.45, 2.75) is 33.1 Å². The lowest BCUT2D eigenvalue weighted by atomic mass is 10.1. The van der Waals surface area contributed by atoms with Gasteiger partial charge in [0, 0.05) is 23.5 Å². The Hall–Kier alpha value is -3.71. The number of ether oxygens (including phenoxy) is 1. The van der Waals surface area contributed by atoms with Crippen molar-refractivity contribution in [3.63, 3.8) is 0 Å². The Morgan fingerprint density at radius 3 is 2.26 bits per heavy atom. The van der Waals surface area contributed by atoms with Gasteiger partial charge in [-0.3, -0.25) is 14.9 Å². The highest BCUT2D eigenvalue weighted by Crippen LogP contribution is 2.20. The van der Waals surface area contributed by atoms with Crippen LogP contribution in [0.15, 0.2) is 78.9 Å². The first-order valence-electron chi connectivity index (χ1n) is 11.8. The van der Waals surface area contributed by atoms with E-state index in [9.17, 15) is 9.59 Å². The smallest absolute Gasteiger partial charge is 0.261 e. The monoisotopic (exact) mass is 489 g/mol. The highest BCUT2D eigenvalue weighted by atomic mass is 32.1. The Labute approximate surface area is 212 Å². The standard InChI is InChI=1S/C28H31N3O3S/c1-3-5-11-20-34-25-15-10-9-14-24(25)26(32)30-28(35)29-22-18-16-21(17-19-22)27(33)31(4-2)23-12-7-6-8-13-23/h6-10,12-19H,3-5,11,20H2,1-2H3,(H2,29,30,32,35). The van der Waals surface area contributed by atoms with E-state index in [-0.39, 0.29) is 16.9 Å². The number of rotatable bonds is 10. The van der Waals surface area contributed by atoms with E-state index in [2.05, 4.69) is 17.6 Å². The fourth-order valence-electron chi connectivity index (χ4n) is 3.55. The molecule has 0 heterocycles. The largest absolute Gasteiger partial charge is 0.493 e. The van der Waals surface area contributed by atoms with E-state index in [1.165, 1.54) is 0 Å². The predicted octanol–water partition coefficient (Wildman–Crippen LogP) is 6.05. The number of carbonyl (C=O) groups is 2. The fourth-order valence-corrected chi connectivity index (χ4v) is 3.76. The average molecular weight is 490 g/mol. The molecule has 0 radical (unpaired) electrons. The molecule has 0 saturated carbocycles. The Kier molecular flexibility index (Phi) is 9.80. The Morgan fingerprint density at radius 2 is 1.57 bits per heavy atom. The first-order valence-corrected chi connectivity index (χ1v) is 12.3. The van der Waals surface area contributed by atoms with Crippen molar-refractivity contribution in [3.05, 3.63) is 90.0 Å². The molecule has 7 heteroatoms. The van der Waals surface area contributed by atoms with Crippen LogP contribution in [0.3, 0.4) is 0 Å². The van der Waals surface area contributed by atoms with Gasteiger partial charge in [0.1, 0.15) is 5.75 Å². The van der Waals surface area contributed by atoms with E-state index in [1.807, 2.05) is 43.3 Å². The second-order valence-electron chi connectivity index (χ2n) is 7.92. The first-order chi connectivity index (χ1) is 17.0. The number of hydrogen-bond acceptors (Lipinski definition) is 4. The molecule has 6 nitrogen and oxygen atoms in total. The number of unbranched alkanes of at least 4 members (excludes halogenated alkanes) is 2. The molecule has 0 fully saturated rings. The molecule has 0 spiro atoms. The summed E-state index contributed by atoms with van der Waals surface area (Å²) < 4.78 is 5.80. The summed E-state index contributed by atoms with van der Waals surface area (Å²) in [6.45, 7) is 5.19. The number of thiocarbonyl (C=S) groups is 1. The minimum atomic E-state index is -0.346. The Balaban J connectivity index is 1.59. The van der Waals surface area contributed by atoms with Gasteiger partial charge in [0.2, 0.25) is 0 Å². The summed E-state index contributed by atoms with van der Waals surface area (Å²) in [4.78, 5) is 27.5. The second-order valence-corrected chi connectivity index (χ2v) is 8.33. The van der Waals surface area contributed by atoms with E-state index < -0.39 is 0 Å². The van der Waals surface area contributed by atoms with Gasteiger partial charge in [-0.1, -0.05) is 50.1 Å². The van der Waals surface area contributed by atoms with Crippen molar-refractivity contribution < 1.29 is 14.3 Å². The topological polar surface area (TPSA) is 70.7 Å². The van der Waals surface area contributed by atoms with Crippen molar-refractivity contribution in [1.82, 2.24) is 5.32 Å². The Morgan fingerprint density at radius 1 is 0.886 bits per heavy atom. The molecule has 3 aromatic rings. The molecule has 2 amide bonds. The molecule has 0 saturated heterocycles. The predicted molar refractivity (Wildman–Crippen MR) is 145 cm³/mol. The maximum atomic E-state index is 13.0. The molecule has 0 aliphatic rings. The summed E-state index contributed by atoms with van der Waals surface area (Å²) >= 11 is 5.33. The number of nitrogens with one attached hydrogen (secondary N) is 2. The molecular formula is C28H31N3O3S. The lowest BCUT2D eigenvalue weighted by molar-refractivity contribution is 0.0970. The highest BCUT2D eigenvalue weighted by molar-refractivity contribution is 7.80. The van der Waals surface area contributed by atoms with E-state index in [0.717, 1.165) is 24.9 Å². The quantitative estimate of drug-likeness (QED) is 0.268. The number of benzene rings is 3. The molecule has 0 unspecified atom stereocenters. The third-order valence-corrected chi connectivity index (χ3v) is 5.59. The van der Waals surface area contributed by atoms with Crippen LogP contribution >= 0.6 is 12.2 Å². The fraction of sp³-hybridized carbons (Fsp3) is 0.250. The maximum absolute atomic E-state index is 13.0. The molecule has 0 aliphatic heterocycles. The molecule has 3 rings (SSSR count). The molecule has 0 atom stereocenters. The van der Waals surface area contributed by atoms with Crippen LogP contribution in [-0.2, 0) is 0 Å². The molecule has 35 heavy (non-hydrogen) atoms. The van der Waals surface area contributed by atoms with Crippen molar-refractivity contribution in [2.75, 3.05) is 23.4 Å². The summed E-state index contributed by atoms with van der Waals surface area (Å²) in [6, 6.07) is 23.7. The van der Waals surface area contributed by atoms with Crippen LogP contribution in [0.5, 0.6) is 5.75 Å². The van der Waals surface area contributed by atoms with E-state index in [0.29, 0.717) is 35.7 Å². The molecule has 0 bridgehead atoms. The van der Waals surface area contributed by atoms with Crippen LogP contribution < -0.4 is 20.3 Å². The summed E-state index contributed by atoms with van der Waals surface area (Å²) in [6.07, 6.45) is 3.12. The van der Waals surface area contributed by atoms with Crippen LogP contribution in [0.1, 0.15) is 53.8 Å². The molecule has 0 aromatic heterocycles. The number of nitrogens with zero attached hydrogens (tertiary/aromatic N) is 1. The van der Waals surface area contributed by atoms with Gasteiger partial charge in [0.15, 0.2) is 5.11 Å². The number of para-hydroxylation sites is 2. The van der Waals surface area contributed by atoms with Crippen LogP contribution in [0.25, 0.3) is 0 Å². The maximum Gasteiger partial charge on any atom is 0.261 e. The van der Waals surface area contributed by atoms with Crippen LogP contribution in [0.4, 0.5) is 11.4 Å². The molecule has 3 aromatic carbocycles. The lowest BCUT2D eigenvalue weighted by Crippen LogP contribution is -2.34. The van der Waals surface area contributed by atoms with E-state index in [4.69, 9.17) is 17.0 Å². The van der Waals surface area contributed by atoms with Crippen molar-refractivity contribution in [1.29, 1.82) is 0 Å². The minimum Gasteiger partial charge on any atom is -0.493 e. The number of amides is 2.